The lowest BCUT2D eigenvalue weighted by Crippen LogP contribution is -2.42. The van der Waals surface area contributed by atoms with Crippen LogP contribution in [0.2, 0.25) is 0 Å². The van der Waals surface area contributed by atoms with Gasteiger partial charge in [-0.2, -0.15) is 0 Å². The van der Waals surface area contributed by atoms with Crippen molar-refractivity contribution < 1.29 is 14.4 Å². The summed E-state index contributed by atoms with van der Waals surface area (Å²) in [7, 11) is 0. The lowest BCUT2D eigenvalue weighted by atomic mass is 10.1. The van der Waals surface area contributed by atoms with E-state index in [0.717, 1.165) is 13.0 Å². The van der Waals surface area contributed by atoms with Gasteiger partial charge in [0, 0.05) is 13.1 Å². The van der Waals surface area contributed by atoms with E-state index in [-0.39, 0.29) is 12.5 Å². The molecule has 2 unspecified atom stereocenters. The van der Waals surface area contributed by atoms with Crippen molar-refractivity contribution in [2.45, 2.75) is 31.7 Å². The van der Waals surface area contributed by atoms with Gasteiger partial charge in [0.1, 0.15) is 18.6 Å². The third-order valence-corrected chi connectivity index (χ3v) is 3.18. The number of aliphatic hydroxyl groups is 1. The molecule has 2 atom stereocenters. The lowest BCUT2D eigenvalue weighted by molar-refractivity contribution is -0.397. The van der Waals surface area contributed by atoms with Gasteiger partial charge in [0.15, 0.2) is 0 Å². The third kappa shape index (κ3) is 3.71. The first kappa shape index (κ1) is 13.9. The summed E-state index contributed by atoms with van der Waals surface area (Å²) < 4.78 is 14.5. The smallest absolute Gasteiger partial charge is 0.390 e. The van der Waals surface area contributed by atoms with Crippen LogP contribution in [0.5, 0.6) is 0 Å². The molecule has 0 aliphatic carbocycles. The quantitative estimate of drug-likeness (QED) is 0.626. The minimum Gasteiger partial charge on any atom is -0.390 e. The van der Waals surface area contributed by atoms with Crippen molar-refractivity contribution in [2.75, 3.05) is 19.6 Å². The lowest BCUT2D eigenvalue weighted by Gasteiger charge is -2.30. The van der Waals surface area contributed by atoms with Crippen LogP contribution in [0, 0.1) is 10.1 Å². The molecule has 106 valence electrons. The number of aromatic nitrogens is 2. The summed E-state index contributed by atoms with van der Waals surface area (Å²) in [5.41, 5.74) is 0. The van der Waals surface area contributed by atoms with Crippen LogP contribution in [-0.2, 0) is 6.54 Å². The maximum Gasteiger partial charge on any atom is 0.434 e. The number of hydrogen-bond donors (Lipinski definition) is 1. The number of rotatable bonds is 5. The number of imidazole rings is 1. The molecule has 19 heavy (non-hydrogen) atoms. The highest BCUT2D eigenvalue weighted by atomic mass is 19.1. The molecule has 7 nitrogen and oxygen atoms in total. The molecule has 1 aliphatic heterocycles. The summed E-state index contributed by atoms with van der Waals surface area (Å²) in [5.74, 6) is -0.291. The van der Waals surface area contributed by atoms with E-state index in [9.17, 15) is 19.6 Å². The molecule has 0 bridgehead atoms. The fourth-order valence-corrected chi connectivity index (χ4v) is 2.36. The Bertz CT molecular complexity index is 439. The topological polar surface area (TPSA) is 84.4 Å². The van der Waals surface area contributed by atoms with E-state index in [1.807, 2.05) is 4.90 Å². The zero-order valence-corrected chi connectivity index (χ0v) is 10.5. The summed E-state index contributed by atoms with van der Waals surface area (Å²) in [6.45, 7) is 1.48. The van der Waals surface area contributed by atoms with Gasteiger partial charge in [-0.05, 0) is 24.3 Å². The van der Waals surface area contributed by atoms with Crippen LogP contribution in [0.3, 0.4) is 0 Å². The van der Waals surface area contributed by atoms with E-state index in [2.05, 4.69) is 4.98 Å². The van der Waals surface area contributed by atoms with Gasteiger partial charge in [0.25, 0.3) is 0 Å². The van der Waals surface area contributed by atoms with E-state index in [1.54, 1.807) is 0 Å². The van der Waals surface area contributed by atoms with Crippen molar-refractivity contribution in [3.8, 4) is 0 Å². The van der Waals surface area contributed by atoms with Crippen molar-refractivity contribution in [3.05, 3.63) is 22.5 Å². The first-order valence-corrected chi connectivity index (χ1v) is 6.26. The van der Waals surface area contributed by atoms with Crippen LogP contribution in [0.25, 0.3) is 0 Å². The Morgan fingerprint density at radius 1 is 1.63 bits per heavy atom. The Morgan fingerprint density at radius 2 is 2.42 bits per heavy atom. The van der Waals surface area contributed by atoms with Crippen molar-refractivity contribution in [2.24, 2.45) is 0 Å². The second-order valence-corrected chi connectivity index (χ2v) is 4.79. The van der Waals surface area contributed by atoms with Crippen LogP contribution in [0.4, 0.5) is 10.3 Å². The number of alkyl halides is 1. The van der Waals surface area contributed by atoms with Crippen LogP contribution in [-0.4, -0.2) is 56.4 Å². The maximum atomic E-state index is 13.2. The minimum absolute atomic E-state index is 0.0871. The summed E-state index contributed by atoms with van der Waals surface area (Å²) >= 11 is 0. The zero-order valence-electron chi connectivity index (χ0n) is 10.5. The second-order valence-electron chi connectivity index (χ2n) is 4.79. The molecular formula is C11H17FN4O3. The van der Waals surface area contributed by atoms with Gasteiger partial charge in [-0.25, -0.2) is 8.96 Å². The molecule has 1 aromatic heterocycles. The van der Waals surface area contributed by atoms with Gasteiger partial charge in [0.2, 0.25) is 0 Å². The predicted octanol–water partition coefficient (Wildman–Crippen LogP) is 0.586. The zero-order chi connectivity index (χ0) is 13.8. The summed E-state index contributed by atoms with van der Waals surface area (Å²) in [6, 6.07) is 0. The van der Waals surface area contributed by atoms with Crippen molar-refractivity contribution in [1.29, 1.82) is 0 Å². The Labute approximate surface area is 109 Å². The van der Waals surface area contributed by atoms with Crippen LogP contribution >= 0.6 is 0 Å². The number of nitrogens with zero attached hydrogens (tertiary/aromatic N) is 4. The normalized spacial score (nSPS) is 22.3. The molecule has 0 radical (unpaired) electrons. The number of β-amino-alcohol motifs (C(OH)–C–C–N with tert-alkyl or cyclic N) is 1. The van der Waals surface area contributed by atoms with Gasteiger partial charge in [-0.3, -0.25) is 4.90 Å². The molecule has 0 aromatic carbocycles. The van der Waals surface area contributed by atoms with E-state index in [1.165, 1.54) is 17.0 Å². The second kappa shape index (κ2) is 6.07. The highest BCUT2D eigenvalue weighted by molar-refractivity contribution is 5.06. The molecule has 2 heterocycles. The Balaban J connectivity index is 1.88. The molecule has 1 fully saturated rings. The van der Waals surface area contributed by atoms with Crippen molar-refractivity contribution >= 4 is 5.95 Å². The maximum absolute atomic E-state index is 13.2. The molecular weight excluding hydrogens is 255 g/mol. The van der Waals surface area contributed by atoms with Gasteiger partial charge >= 0.3 is 5.95 Å². The standard InChI is InChI=1S/C11H17FN4O3/c12-9-2-1-4-14(6-9)7-10(17)8-15-5-3-13-11(15)16(18)19/h3,5,9-10,17H,1-2,4,6-8H2. The molecule has 1 aromatic rings. The highest BCUT2D eigenvalue weighted by Crippen LogP contribution is 2.14. The summed E-state index contributed by atoms with van der Waals surface area (Å²) in [6.07, 6.45) is 2.50. The summed E-state index contributed by atoms with van der Waals surface area (Å²) in [5, 5.41) is 20.6. The molecule has 1 aliphatic rings. The largest absolute Gasteiger partial charge is 0.434 e. The van der Waals surface area contributed by atoms with Crippen molar-refractivity contribution in [3.63, 3.8) is 0 Å². The molecule has 8 heteroatoms. The number of likely N-dealkylation sites (tertiary alicyclic amines) is 1. The van der Waals surface area contributed by atoms with Gasteiger partial charge in [-0.1, -0.05) is 4.98 Å². The van der Waals surface area contributed by atoms with Crippen LogP contribution < -0.4 is 0 Å². The first-order chi connectivity index (χ1) is 9.06. The predicted molar refractivity (Wildman–Crippen MR) is 65.5 cm³/mol. The van der Waals surface area contributed by atoms with Gasteiger partial charge in [-0.15, -0.1) is 0 Å². The van der Waals surface area contributed by atoms with E-state index in [0.29, 0.717) is 19.5 Å². The molecule has 2 rings (SSSR count). The van der Waals surface area contributed by atoms with E-state index in [4.69, 9.17) is 0 Å². The monoisotopic (exact) mass is 272 g/mol. The highest BCUT2D eigenvalue weighted by Gasteiger charge is 2.23. The Morgan fingerprint density at radius 3 is 3.11 bits per heavy atom. The summed E-state index contributed by atoms with van der Waals surface area (Å²) in [4.78, 5) is 15.5. The van der Waals surface area contributed by atoms with Gasteiger partial charge < -0.3 is 15.2 Å². The van der Waals surface area contributed by atoms with Gasteiger partial charge in [0.05, 0.1) is 12.6 Å². The number of piperidine rings is 1. The SMILES string of the molecule is O=[N+]([O-])c1nccn1CC(O)CN1CCCC(F)C1. The van der Waals surface area contributed by atoms with Crippen LogP contribution in [0.1, 0.15) is 12.8 Å². The fourth-order valence-electron chi connectivity index (χ4n) is 2.36. The number of hydrogen-bond acceptors (Lipinski definition) is 5. The number of halogens is 1. The molecule has 1 saturated heterocycles. The minimum atomic E-state index is -0.844. The van der Waals surface area contributed by atoms with Crippen molar-refractivity contribution in [1.82, 2.24) is 14.5 Å². The number of aliphatic hydroxyl groups excluding tert-OH is 1. The third-order valence-electron chi connectivity index (χ3n) is 3.18. The molecule has 0 amide bonds. The van der Waals surface area contributed by atoms with E-state index >= 15 is 0 Å². The van der Waals surface area contributed by atoms with Crippen LogP contribution in [0.15, 0.2) is 12.4 Å². The Hall–Kier alpha value is -1.54. The molecule has 0 spiro atoms. The Kier molecular flexibility index (Phi) is 4.43. The average Bonchev–Trinajstić information content (AvgIpc) is 2.76. The number of nitro groups is 1. The first-order valence-electron chi connectivity index (χ1n) is 6.26. The average molecular weight is 272 g/mol. The molecule has 1 N–H and O–H groups in total. The fraction of sp³-hybridized carbons (Fsp3) is 0.727. The molecule has 0 saturated carbocycles. The van der Waals surface area contributed by atoms with E-state index < -0.39 is 17.2 Å².